The highest BCUT2D eigenvalue weighted by Gasteiger charge is 2.32. The van der Waals surface area contributed by atoms with E-state index in [2.05, 4.69) is 42.4 Å². The molecule has 0 bridgehead atoms. The summed E-state index contributed by atoms with van der Waals surface area (Å²) in [6, 6.07) is 0. The Balaban J connectivity index is 1.96. The predicted molar refractivity (Wildman–Crippen MR) is 130 cm³/mol. The van der Waals surface area contributed by atoms with Crippen LogP contribution in [0.5, 0.6) is 0 Å². The second-order valence-corrected chi connectivity index (χ2v) is 10.1. The van der Waals surface area contributed by atoms with E-state index in [0.717, 1.165) is 42.8 Å². The van der Waals surface area contributed by atoms with Gasteiger partial charge in [-0.15, -0.1) is 0 Å². The number of alkyl halides is 1. The fourth-order valence-corrected chi connectivity index (χ4v) is 4.66. The zero-order valence-corrected chi connectivity index (χ0v) is 20.9. The Kier molecular flexibility index (Phi) is 14.3. The first-order valence-electron chi connectivity index (χ1n) is 11.7. The quantitative estimate of drug-likeness (QED) is 0.0917. The maximum Gasteiger partial charge on any atom is 0.128 e. The van der Waals surface area contributed by atoms with Crippen molar-refractivity contribution in [3.63, 3.8) is 0 Å². The van der Waals surface area contributed by atoms with Crippen molar-refractivity contribution in [3.8, 4) is 0 Å². The van der Waals surface area contributed by atoms with E-state index in [0.29, 0.717) is 0 Å². The van der Waals surface area contributed by atoms with Crippen LogP contribution in [0.1, 0.15) is 117 Å². The molecule has 0 saturated carbocycles. The molecule has 0 aromatic heterocycles. The first-order valence-corrected chi connectivity index (χ1v) is 13.2. The average Bonchev–Trinajstić information content (AvgIpc) is 2.66. The molecule has 0 aliphatic heterocycles. The molecule has 0 heterocycles. The lowest BCUT2D eigenvalue weighted by Crippen LogP contribution is -2.22. The van der Waals surface area contributed by atoms with Gasteiger partial charge in [-0.2, -0.15) is 0 Å². The Morgan fingerprint density at radius 2 is 1.32 bits per heavy atom. The second kappa shape index (κ2) is 15.5. The summed E-state index contributed by atoms with van der Waals surface area (Å²) in [5, 5.41) is 0. The molecule has 162 valence electrons. The summed E-state index contributed by atoms with van der Waals surface area (Å²) >= 11 is 2.48. The summed E-state index contributed by atoms with van der Waals surface area (Å²) in [6.07, 6.45) is 19.8. The van der Waals surface area contributed by atoms with Crippen LogP contribution in [0.2, 0.25) is 0 Å². The van der Waals surface area contributed by atoms with Gasteiger partial charge in [-0.05, 0) is 30.6 Å². The van der Waals surface area contributed by atoms with Crippen molar-refractivity contribution in [1.82, 2.24) is 0 Å². The lowest BCUT2D eigenvalue weighted by atomic mass is 9.73. The van der Waals surface area contributed by atoms with Gasteiger partial charge >= 0.3 is 0 Å². The number of allylic oxidation sites excluding steroid dienone is 3. The summed E-state index contributed by atoms with van der Waals surface area (Å²) < 4.78 is 7.32. The van der Waals surface area contributed by atoms with Crippen molar-refractivity contribution < 1.29 is 9.53 Å². The highest BCUT2D eigenvalue weighted by Crippen LogP contribution is 2.42. The highest BCUT2D eigenvalue weighted by atomic mass is 127. The van der Waals surface area contributed by atoms with E-state index in [1.54, 1.807) is 0 Å². The van der Waals surface area contributed by atoms with Gasteiger partial charge in [-0.1, -0.05) is 107 Å². The van der Waals surface area contributed by atoms with Gasteiger partial charge in [0.15, 0.2) is 0 Å². The molecule has 0 aromatic rings. The van der Waals surface area contributed by atoms with Crippen LogP contribution in [-0.2, 0) is 9.53 Å². The topological polar surface area (TPSA) is 26.3 Å². The molecular formula is C25H43IO2. The third kappa shape index (κ3) is 10.5. The van der Waals surface area contributed by atoms with Gasteiger partial charge in [0.25, 0.3) is 0 Å². The van der Waals surface area contributed by atoms with Crippen molar-refractivity contribution in [1.29, 1.82) is 0 Å². The maximum atomic E-state index is 11.3. The van der Waals surface area contributed by atoms with E-state index < -0.39 is 0 Å². The molecule has 1 rings (SSSR count). The molecule has 0 saturated heterocycles. The van der Waals surface area contributed by atoms with Crippen LogP contribution in [0.4, 0.5) is 0 Å². The van der Waals surface area contributed by atoms with Gasteiger partial charge in [0.1, 0.15) is 5.94 Å². The first-order chi connectivity index (χ1) is 13.5. The van der Waals surface area contributed by atoms with Crippen LogP contribution in [0.25, 0.3) is 0 Å². The van der Waals surface area contributed by atoms with Crippen molar-refractivity contribution in [2.45, 2.75) is 117 Å². The smallest absolute Gasteiger partial charge is 0.128 e. The monoisotopic (exact) mass is 502 g/mol. The molecule has 0 unspecified atom stereocenters. The summed E-state index contributed by atoms with van der Waals surface area (Å²) in [4.78, 5) is 11.3. The standard InChI is InChI=1S/C25H43IO2/c1-22-23(21-27)25(2,3)18-17-24(22)28-20-16-14-12-10-8-6-4-5-7-9-11-13-15-19-26/h4-20H2,1-3H3. The van der Waals surface area contributed by atoms with E-state index in [1.807, 2.05) is 6.92 Å². The third-order valence-electron chi connectivity index (χ3n) is 6.10. The minimum Gasteiger partial charge on any atom is -0.498 e. The lowest BCUT2D eigenvalue weighted by molar-refractivity contribution is 0.177. The molecular weight excluding hydrogens is 459 g/mol. The minimum atomic E-state index is -0.0620. The molecule has 3 heteroatoms. The molecule has 0 atom stereocenters. The van der Waals surface area contributed by atoms with Gasteiger partial charge in [0.2, 0.25) is 0 Å². The number of carbonyl (C=O) groups excluding carboxylic acids is 1. The molecule has 28 heavy (non-hydrogen) atoms. The van der Waals surface area contributed by atoms with E-state index in [1.165, 1.54) is 81.5 Å². The fourth-order valence-electron chi connectivity index (χ4n) is 4.12. The number of halogens is 1. The zero-order valence-electron chi connectivity index (χ0n) is 18.7. The van der Waals surface area contributed by atoms with Gasteiger partial charge in [-0.3, -0.25) is 0 Å². The third-order valence-corrected chi connectivity index (χ3v) is 6.87. The Labute approximate surface area is 188 Å². The predicted octanol–water partition coefficient (Wildman–Crippen LogP) is 8.36. The van der Waals surface area contributed by atoms with E-state index in [-0.39, 0.29) is 5.41 Å². The first kappa shape index (κ1) is 25.8. The maximum absolute atomic E-state index is 11.3. The molecule has 0 aromatic carbocycles. The van der Waals surface area contributed by atoms with Gasteiger partial charge in [-0.25, -0.2) is 4.79 Å². The fraction of sp³-hybridized carbons (Fsp3) is 0.840. The molecule has 0 radical (unpaired) electrons. The Morgan fingerprint density at radius 1 is 0.857 bits per heavy atom. The van der Waals surface area contributed by atoms with Crippen molar-refractivity contribution in [2.75, 3.05) is 11.0 Å². The van der Waals surface area contributed by atoms with E-state index >= 15 is 0 Å². The molecule has 0 N–H and O–H groups in total. The minimum absolute atomic E-state index is 0.0620. The van der Waals surface area contributed by atoms with Crippen molar-refractivity contribution in [2.24, 2.45) is 5.41 Å². The molecule has 0 fully saturated rings. The summed E-state index contributed by atoms with van der Waals surface area (Å²) in [5.74, 6) is 3.18. The molecule has 0 spiro atoms. The summed E-state index contributed by atoms with van der Waals surface area (Å²) in [6.45, 7) is 7.06. The summed E-state index contributed by atoms with van der Waals surface area (Å²) in [7, 11) is 0. The van der Waals surface area contributed by atoms with Crippen LogP contribution < -0.4 is 0 Å². The van der Waals surface area contributed by atoms with Crippen molar-refractivity contribution >= 4 is 28.5 Å². The van der Waals surface area contributed by atoms with E-state index in [4.69, 9.17) is 4.74 Å². The SMILES string of the molecule is CC1=C(OCCCCCCCCCCCCCCCI)CCC(C)(C)C1=C=O. The normalized spacial score (nSPS) is 16.4. The van der Waals surface area contributed by atoms with Crippen LogP contribution >= 0.6 is 22.6 Å². The van der Waals surface area contributed by atoms with Crippen LogP contribution in [-0.4, -0.2) is 17.0 Å². The number of unbranched alkanes of at least 4 members (excludes halogenated alkanes) is 12. The lowest BCUT2D eigenvalue weighted by Gasteiger charge is -2.32. The summed E-state index contributed by atoms with van der Waals surface area (Å²) in [5.41, 5.74) is 1.76. The zero-order chi connectivity index (χ0) is 20.7. The Hall–Kier alpha value is -0.280. The van der Waals surface area contributed by atoms with Crippen LogP contribution in [0.15, 0.2) is 16.9 Å². The number of hydrogen-bond acceptors (Lipinski definition) is 2. The molecule has 1 aliphatic carbocycles. The Bertz CT molecular complexity index is 501. The van der Waals surface area contributed by atoms with Crippen LogP contribution in [0, 0.1) is 5.41 Å². The van der Waals surface area contributed by atoms with E-state index in [9.17, 15) is 4.79 Å². The van der Waals surface area contributed by atoms with Crippen molar-refractivity contribution in [3.05, 3.63) is 16.9 Å². The average molecular weight is 503 g/mol. The molecule has 0 amide bonds. The largest absolute Gasteiger partial charge is 0.498 e. The Morgan fingerprint density at radius 3 is 1.79 bits per heavy atom. The number of ether oxygens (including phenoxy) is 1. The van der Waals surface area contributed by atoms with Gasteiger partial charge < -0.3 is 4.74 Å². The van der Waals surface area contributed by atoms with Crippen LogP contribution in [0.3, 0.4) is 0 Å². The second-order valence-electron chi connectivity index (χ2n) is 9.04. The van der Waals surface area contributed by atoms with Gasteiger partial charge in [0, 0.05) is 23.0 Å². The molecule has 1 aliphatic rings. The number of hydrogen-bond donors (Lipinski definition) is 0. The van der Waals surface area contributed by atoms with Gasteiger partial charge in [0.05, 0.1) is 12.4 Å². The molecule has 2 nitrogen and oxygen atoms in total. The number of rotatable bonds is 16. The highest BCUT2D eigenvalue weighted by molar-refractivity contribution is 14.1.